The van der Waals surface area contributed by atoms with E-state index in [1.807, 2.05) is 0 Å². The van der Waals surface area contributed by atoms with Crippen LogP contribution in [0.2, 0.25) is 0 Å². The van der Waals surface area contributed by atoms with E-state index in [4.69, 9.17) is 0 Å². The van der Waals surface area contributed by atoms with Crippen molar-refractivity contribution in [1.29, 1.82) is 0 Å². The Labute approximate surface area is 81.9 Å². The van der Waals surface area contributed by atoms with Crippen molar-refractivity contribution < 1.29 is 0 Å². The van der Waals surface area contributed by atoms with Gasteiger partial charge in [-0.2, -0.15) is 0 Å². The summed E-state index contributed by atoms with van der Waals surface area (Å²) in [6, 6.07) is 0.906. The lowest BCUT2D eigenvalue weighted by Crippen LogP contribution is -2.62. The van der Waals surface area contributed by atoms with Gasteiger partial charge in [-0.1, -0.05) is 6.42 Å². The summed E-state index contributed by atoms with van der Waals surface area (Å²) in [6.07, 6.45) is 4.33. The van der Waals surface area contributed by atoms with Crippen LogP contribution in [0.15, 0.2) is 0 Å². The lowest BCUT2D eigenvalue weighted by atomic mass is 9.86. The van der Waals surface area contributed by atoms with Gasteiger partial charge in [0.2, 0.25) is 0 Å². The molecule has 2 rings (SSSR count). The molecule has 1 saturated carbocycles. The summed E-state index contributed by atoms with van der Waals surface area (Å²) in [4.78, 5) is 5.19. The number of rotatable bonds is 1. The van der Waals surface area contributed by atoms with E-state index in [9.17, 15) is 0 Å². The molecule has 0 aromatic carbocycles. The molecule has 2 heteroatoms. The largest absolute Gasteiger partial charge is 0.303 e. The lowest BCUT2D eigenvalue weighted by Gasteiger charge is -2.52. The minimum atomic E-state index is 0.401. The molecule has 0 radical (unpaired) electrons. The number of nitrogens with zero attached hydrogens (tertiary/aromatic N) is 2. The van der Waals surface area contributed by atoms with E-state index in [1.165, 1.54) is 38.9 Å². The summed E-state index contributed by atoms with van der Waals surface area (Å²) >= 11 is 0. The van der Waals surface area contributed by atoms with Crippen LogP contribution in [0.4, 0.5) is 0 Å². The third-order valence-electron chi connectivity index (χ3n) is 3.67. The standard InChI is InChI=1S/C11H22N2/c1-11(2)9-12(3)7-8-13(11)10-5-4-6-10/h10H,4-9H2,1-3H3. The van der Waals surface area contributed by atoms with Crippen molar-refractivity contribution in [3.63, 3.8) is 0 Å². The van der Waals surface area contributed by atoms with Crippen LogP contribution in [0.3, 0.4) is 0 Å². The van der Waals surface area contributed by atoms with E-state index in [0.717, 1.165) is 6.04 Å². The van der Waals surface area contributed by atoms with Crippen molar-refractivity contribution in [3.05, 3.63) is 0 Å². The molecule has 2 nitrogen and oxygen atoms in total. The molecule has 1 saturated heterocycles. The van der Waals surface area contributed by atoms with Crippen LogP contribution in [0.1, 0.15) is 33.1 Å². The molecule has 0 spiro atoms. The minimum Gasteiger partial charge on any atom is -0.303 e. The zero-order valence-electron chi connectivity index (χ0n) is 9.21. The van der Waals surface area contributed by atoms with Crippen LogP contribution >= 0.6 is 0 Å². The fraction of sp³-hybridized carbons (Fsp3) is 1.00. The van der Waals surface area contributed by atoms with Crippen LogP contribution in [0.25, 0.3) is 0 Å². The molecule has 0 aromatic heterocycles. The molecule has 0 N–H and O–H groups in total. The molecule has 0 bridgehead atoms. The van der Waals surface area contributed by atoms with Gasteiger partial charge in [-0.15, -0.1) is 0 Å². The number of likely N-dealkylation sites (N-methyl/N-ethyl adjacent to an activating group) is 1. The molecule has 1 aliphatic heterocycles. The quantitative estimate of drug-likeness (QED) is 0.607. The molecule has 0 unspecified atom stereocenters. The van der Waals surface area contributed by atoms with Gasteiger partial charge in [-0.25, -0.2) is 0 Å². The Hall–Kier alpha value is -0.0800. The zero-order chi connectivity index (χ0) is 9.47. The maximum Gasteiger partial charge on any atom is 0.0283 e. The molecule has 13 heavy (non-hydrogen) atoms. The van der Waals surface area contributed by atoms with Gasteiger partial charge >= 0.3 is 0 Å². The molecule has 76 valence electrons. The number of piperazine rings is 1. The Morgan fingerprint density at radius 2 is 1.85 bits per heavy atom. The van der Waals surface area contributed by atoms with E-state index in [1.54, 1.807) is 0 Å². The second-order valence-corrected chi connectivity index (χ2v) is 5.33. The van der Waals surface area contributed by atoms with Crippen molar-refractivity contribution >= 4 is 0 Å². The van der Waals surface area contributed by atoms with Crippen molar-refractivity contribution in [1.82, 2.24) is 9.80 Å². The normalized spacial score (nSPS) is 31.6. The van der Waals surface area contributed by atoms with Crippen LogP contribution in [0, 0.1) is 0 Å². The first-order valence-corrected chi connectivity index (χ1v) is 5.55. The molecule has 1 aliphatic carbocycles. The van der Waals surface area contributed by atoms with Crippen molar-refractivity contribution in [3.8, 4) is 0 Å². The average Bonchev–Trinajstić information content (AvgIpc) is 1.89. The Kier molecular flexibility index (Phi) is 2.37. The highest BCUT2D eigenvalue weighted by Gasteiger charge is 2.38. The fourth-order valence-electron chi connectivity index (χ4n) is 2.79. The summed E-state index contributed by atoms with van der Waals surface area (Å²) in [6.45, 7) is 8.53. The Bertz CT molecular complexity index is 185. The maximum absolute atomic E-state index is 2.73. The molecule has 2 aliphatic rings. The highest BCUT2D eigenvalue weighted by Crippen LogP contribution is 2.32. The average molecular weight is 182 g/mol. The molecule has 0 aromatic rings. The smallest absolute Gasteiger partial charge is 0.0283 e. The minimum absolute atomic E-state index is 0.401. The monoisotopic (exact) mass is 182 g/mol. The second kappa shape index (κ2) is 3.25. The van der Waals surface area contributed by atoms with Gasteiger partial charge in [-0.05, 0) is 33.7 Å². The molecule has 2 fully saturated rings. The summed E-state index contributed by atoms with van der Waals surface area (Å²) in [7, 11) is 2.24. The fourth-order valence-corrected chi connectivity index (χ4v) is 2.79. The molecule has 1 heterocycles. The molecule has 0 amide bonds. The number of hydrogen-bond acceptors (Lipinski definition) is 2. The second-order valence-electron chi connectivity index (χ2n) is 5.33. The van der Waals surface area contributed by atoms with E-state index in [-0.39, 0.29) is 0 Å². The summed E-state index contributed by atoms with van der Waals surface area (Å²) in [5.41, 5.74) is 0.401. The van der Waals surface area contributed by atoms with E-state index < -0.39 is 0 Å². The van der Waals surface area contributed by atoms with Gasteiger partial charge in [0, 0.05) is 31.2 Å². The van der Waals surface area contributed by atoms with Gasteiger partial charge in [0.25, 0.3) is 0 Å². The zero-order valence-corrected chi connectivity index (χ0v) is 9.21. The molecular formula is C11H22N2. The predicted octanol–water partition coefficient (Wildman–Crippen LogP) is 1.56. The van der Waals surface area contributed by atoms with Crippen LogP contribution < -0.4 is 0 Å². The van der Waals surface area contributed by atoms with Gasteiger partial charge in [0.1, 0.15) is 0 Å². The number of hydrogen-bond donors (Lipinski definition) is 0. The van der Waals surface area contributed by atoms with Gasteiger partial charge in [0.15, 0.2) is 0 Å². The lowest BCUT2D eigenvalue weighted by molar-refractivity contribution is -0.0265. The summed E-state index contributed by atoms with van der Waals surface area (Å²) in [5, 5.41) is 0. The highest BCUT2D eigenvalue weighted by atomic mass is 15.3. The third kappa shape index (κ3) is 1.75. The van der Waals surface area contributed by atoms with Gasteiger partial charge in [0.05, 0.1) is 0 Å². The van der Waals surface area contributed by atoms with Crippen molar-refractivity contribution in [2.75, 3.05) is 26.7 Å². The highest BCUT2D eigenvalue weighted by molar-refractivity contribution is 4.95. The predicted molar refractivity (Wildman–Crippen MR) is 55.9 cm³/mol. The third-order valence-corrected chi connectivity index (χ3v) is 3.67. The van der Waals surface area contributed by atoms with Crippen LogP contribution in [0.5, 0.6) is 0 Å². The first kappa shape index (κ1) is 9.47. The first-order chi connectivity index (χ1) is 6.09. The maximum atomic E-state index is 2.73. The summed E-state index contributed by atoms with van der Waals surface area (Å²) < 4.78 is 0. The van der Waals surface area contributed by atoms with Crippen molar-refractivity contribution in [2.45, 2.75) is 44.7 Å². The Morgan fingerprint density at radius 3 is 2.31 bits per heavy atom. The first-order valence-electron chi connectivity index (χ1n) is 5.55. The van der Waals surface area contributed by atoms with E-state index >= 15 is 0 Å². The topological polar surface area (TPSA) is 6.48 Å². The van der Waals surface area contributed by atoms with E-state index in [2.05, 4.69) is 30.7 Å². The van der Waals surface area contributed by atoms with Gasteiger partial charge in [-0.3, -0.25) is 4.90 Å². The summed E-state index contributed by atoms with van der Waals surface area (Å²) in [5.74, 6) is 0. The Morgan fingerprint density at radius 1 is 1.15 bits per heavy atom. The SMILES string of the molecule is CN1CCN(C2CCC2)C(C)(C)C1. The molecular weight excluding hydrogens is 160 g/mol. The van der Waals surface area contributed by atoms with Gasteiger partial charge < -0.3 is 4.90 Å². The molecule has 0 atom stereocenters. The van der Waals surface area contributed by atoms with Crippen molar-refractivity contribution in [2.24, 2.45) is 0 Å². The Balaban J connectivity index is 2.01. The van der Waals surface area contributed by atoms with Crippen LogP contribution in [-0.2, 0) is 0 Å². The van der Waals surface area contributed by atoms with E-state index in [0.29, 0.717) is 5.54 Å². The van der Waals surface area contributed by atoms with Crippen LogP contribution in [-0.4, -0.2) is 48.1 Å².